The van der Waals surface area contributed by atoms with E-state index in [1.165, 1.54) is 18.2 Å². The number of benzene rings is 1. The van der Waals surface area contributed by atoms with Gasteiger partial charge >= 0.3 is 0 Å². The van der Waals surface area contributed by atoms with Crippen LogP contribution >= 0.6 is 11.6 Å². The number of nitriles is 1. The molecule has 1 amide bonds. The maximum absolute atomic E-state index is 11.7. The molecule has 1 aromatic rings. The first kappa shape index (κ1) is 12.3. The van der Waals surface area contributed by atoms with Crippen LogP contribution in [0.1, 0.15) is 23.7 Å². The molecule has 0 aliphatic rings. The highest BCUT2D eigenvalue weighted by Crippen LogP contribution is 2.21. The van der Waals surface area contributed by atoms with Crippen LogP contribution in [-0.4, -0.2) is 17.1 Å². The van der Waals surface area contributed by atoms with Crippen molar-refractivity contribution in [3.63, 3.8) is 0 Å². The summed E-state index contributed by atoms with van der Waals surface area (Å²) >= 11 is 5.81. The third-order valence-electron chi connectivity index (χ3n) is 1.97. The fourth-order valence-corrected chi connectivity index (χ4v) is 1.38. The van der Waals surface area contributed by atoms with E-state index < -0.39 is 5.91 Å². The summed E-state index contributed by atoms with van der Waals surface area (Å²) in [5.41, 5.74) is 0.200. The highest BCUT2D eigenvalue weighted by Gasteiger charge is 2.13. The summed E-state index contributed by atoms with van der Waals surface area (Å²) in [4.78, 5) is 11.7. The minimum atomic E-state index is -0.399. The Morgan fingerprint density at radius 1 is 1.69 bits per heavy atom. The lowest BCUT2D eigenvalue weighted by Gasteiger charge is -2.11. The number of amides is 1. The number of phenols is 1. The molecule has 1 rings (SSSR count). The number of phenolic OH excluding ortho intramolecular Hbond substituents is 1. The number of carbonyl (C=O) groups is 1. The molecule has 0 bridgehead atoms. The predicted octanol–water partition coefficient (Wildman–Crippen LogP) is 2.08. The molecule has 0 saturated carbocycles. The highest BCUT2D eigenvalue weighted by atomic mass is 35.5. The van der Waals surface area contributed by atoms with Crippen molar-refractivity contribution in [3.05, 3.63) is 28.8 Å². The summed E-state index contributed by atoms with van der Waals surface area (Å²) < 4.78 is 0. The zero-order valence-electron chi connectivity index (χ0n) is 8.70. The summed E-state index contributed by atoms with van der Waals surface area (Å²) in [6.45, 7) is 1.72. The van der Waals surface area contributed by atoms with Crippen molar-refractivity contribution in [1.29, 1.82) is 5.26 Å². The van der Waals surface area contributed by atoms with Crippen LogP contribution in [0.25, 0.3) is 0 Å². The van der Waals surface area contributed by atoms with Crippen LogP contribution in [0.15, 0.2) is 18.2 Å². The fraction of sp³-hybridized carbons (Fsp3) is 0.273. The summed E-state index contributed by atoms with van der Waals surface area (Å²) in [7, 11) is 0. The molecule has 1 aromatic carbocycles. The molecule has 0 radical (unpaired) electrons. The molecule has 0 aliphatic carbocycles. The van der Waals surface area contributed by atoms with Gasteiger partial charge in [-0.1, -0.05) is 11.6 Å². The second-order valence-electron chi connectivity index (χ2n) is 3.40. The molecule has 1 atom stereocenters. The van der Waals surface area contributed by atoms with Gasteiger partial charge in [-0.2, -0.15) is 5.26 Å². The lowest BCUT2D eigenvalue weighted by Crippen LogP contribution is -2.32. The third-order valence-corrected chi connectivity index (χ3v) is 2.30. The van der Waals surface area contributed by atoms with Gasteiger partial charge in [0.05, 0.1) is 23.1 Å². The van der Waals surface area contributed by atoms with Gasteiger partial charge in [0, 0.05) is 6.04 Å². The minimum absolute atomic E-state index is 0.0255. The quantitative estimate of drug-likeness (QED) is 0.847. The second-order valence-corrected chi connectivity index (χ2v) is 3.81. The SMILES string of the molecule is CC(CC#N)NC(=O)c1cc(O)ccc1Cl. The number of nitrogens with one attached hydrogen (secondary N) is 1. The van der Waals surface area contributed by atoms with Gasteiger partial charge in [0.25, 0.3) is 5.91 Å². The fourth-order valence-electron chi connectivity index (χ4n) is 1.18. The van der Waals surface area contributed by atoms with Crippen molar-refractivity contribution in [2.75, 3.05) is 0 Å². The maximum Gasteiger partial charge on any atom is 0.253 e. The van der Waals surface area contributed by atoms with E-state index in [1.807, 2.05) is 6.07 Å². The van der Waals surface area contributed by atoms with Crippen LogP contribution in [0.3, 0.4) is 0 Å². The Hall–Kier alpha value is -1.73. The second kappa shape index (κ2) is 5.38. The Morgan fingerprint density at radius 2 is 2.38 bits per heavy atom. The van der Waals surface area contributed by atoms with Crippen molar-refractivity contribution < 1.29 is 9.90 Å². The Bertz CT molecular complexity index is 440. The van der Waals surface area contributed by atoms with E-state index in [9.17, 15) is 9.90 Å². The van der Waals surface area contributed by atoms with Gasteiger partial charge in [-0.05, 0) is 25.1 Å². The molecule has 5 heteroatoms. The molecule has 0 heterocycles. The number of carbonyl (C=O) groups excluding carboxylic acids is 1. The van der Waals surface area contributed by atoms with Crippen LogP contribution < -0.4 is 5.32 Å². The summed E-state index contributed by atoms with van der Waals surface area (Å²) in [6, 6.07) is 5.83. The Morgan fingerprint density at radius 3 is 3.00 bits per heavy atom. The molecule has 0 saturated heterocycles. The molecule has 84 valence electrons. The smallest absolute Gasteiger partial charge is 0.253 e. The van der Waals surface area contributed by atoms with E-state index in [0.29, 0.717) is 0 Å². The first-order valence-electron chi connectivity index (χ1n) is 4.71. The summed E-state index contributed by atoms with van der Waals surface area (Å²) in [5.74, 6) is -0.425. The van der Waals surface area contributed by atoms with Gasteiger partial charge in [0.15, 0.2) is 0 Å². The first-order valence-corrected chi connectivity index (χ1v) is 5.08. The van der Waals surface area contributed by atoms with E-state index >= 15 is 0 Å². The first-order chi connectivity index (χ1) is 7.54. The van der Waals surface area contributed by atoms with Gasteiger partial charge in [-0.25, -0.2) is 0 Å². The average Bonchev–Trinajstić information content (AvgIpc) is 2.21. The molecular weight excluding hydrogens is 228 g/mol. The van der Waals surface area contributed by atoms with Gasteiger partial charge in [0.2, 0.25) is 0 Å². The standard InChI is InChI=1S/C11H11ClN2O2/c1-7(4-5-13)14-11(16)9-6-8(15)2-3-10(9)12/h2-3,6-7,15H,4H2,1H3,(H,14,16). The van der Waals surface area contributed by atoms with Crippen LogP contribution in [0.4, 0.5) is 0 Å². The van der Waals surface area contributed by atoms with Crippen LogP contribution in [-0.2, 0) is 0 Å². The molecule has 2 N–H and O–H groups in total. The van der Waals surface area contributed by atoms with Crippen LogP contribution in [0.2, 0.25) is 5.02 Å². The third kappa shape index (κ3) is 3.14. The highest BCUT2D eigenvalue weighted by molar-refractivity contribution is 6.33. The number of hydrogen-bond donors (Lipinski definition) is 2. The van der Waals surface area contributed by atoms with Crippen molar-refractivity contribution >= 4 is 17.5 Å². The molecule has 1 unspecified atom stereocenters. The lowest BCUT2D eigenvalue weighted by atomic mass is 10.1. The van der Waals surface area contributed by atoms with E-state index in [4.69, 9.17) is 16.9 Å². The maximum atomic E-state index is 11.7. The Balaban J connectivity index is 2.81. The lowest BCUT2D eigenvalue weighted by molar-refractivity contribution is 0.0940. The van der Waals surface area contributed by atoms with Gasteiger partial charge < -0.3 is 10.4 Å². The monoisotopic (exact) mass is 238 g/mol. The van der Waals surface area contributed by atoms with E-state index in [2.05, 4.69) is 5.32 Å². The average molecular weight is 239 g/mol. The molecule has 16 heavy (non-hydrogen) atoms. The van der Waals surface area contributed by atoms with Crippen LogP contribution in [0.5, 0.6) is 5.75 Å². The van der Waals surface area contributed by atoms with Crippen molar-refractivity contribution in [2.24, 2.45) is 0 Å². The van der Waals surface area contributed by atoms with E-state index in [-0.39, 0.29) is 28.8 Å². The van der Waals surface area contributed by atoms with E-state index in [1.54, 1.807) is 6.92 Å². The van der Waals surface area contributed by atoms with Crippen molar-refractivity contribution in [1.82, 2.24) is 5.32 Å². The largest absolute Gasteiger partial charge is 0.508 e. The van der Waals surface area contributed by atoms with Crippen LogP contribution in [0, 0.1) is 11.3 Å². The van der Waals surface area contributed by atoms with Gasteiger partial charge in [-0.3, -0.25) is 4.79 Å². The van der Waals surface area contributed by atoms with Gasteiger partial charge in [0.1, 0.15) is 5.75 Å². The van der Waals surface area contributed by atoms with Crippen molar-refractivity contribution in [2.45, 2.75) is 19.4 Å². The number of nitrogens with zero attached hydrogens (tertiary/aromatic N) is 1. The number of halogens is 1. The minimum Gasteiger partial charge on any atom is -0.508 e. The Labute approximate surface area is 98.5 Å². The number of hydrogen-bond acceptors (Lipinski definition) is 3. The Kier molecular flexibility index (Phi) is 4.15. The normalized spacial score (nSPS) is 11.6. The van der Waals surface area contributed by atoms with Crippen molar-refractivity contribution in [3.8, 4) is 11.8 Å². The summed E-state index contributed by atoms with van der Waals surface area (Å²) in [6.07, 6.45) is 0.224. The predicted molar refractivity (Wildman–Crippen MR) is 60.3 cm³/mol. The molecule has 0 spiro atoms. The van der Waals surface area contributed by atoms with Gasteiger partial charge in [-0.15, -0.1) is 0 Å². The molecular formula is C11H11ClN2O2. The van der Waals surface area contributed by atoms with E-state index in [0.717, 1.165) is 0 Å². The topological polar surface area (TPSA) is 73.1 Å². The zero-order chi connectivity index (χ0) is 12.1. The molecule has 0 aromatic heterocycles. The molecule has 0 aliphatic heterocycles. The molecule has 4 nitrogen and oxygen atoms in total. The summed E-state index contributed by atoms with van der Waals surface area (Å²) in [5, 5.41) is 20.6. The zero-order valence-corrected chi connectivity index (χ0v) is 9.45. The molecule has 0 fully saturated rings. The number of rotatable bonds is 3. The number of aromatic hydroxyl groups is 1.